The summed E-state index contributed by atoms with van der Waals surface area (Å²) in [5.74, 6) is -0.478. The summed E-state index contributed by atoms with van der Waals surface area (Å²) < 4.78 is 4.86. The molecular formula is C15H15ClN4O3. The highest BCUT2D eigenvalue weighted by Gasteiger charge is 2.36. The first-order valence-corrected chi connectivity index (χ1v) is 7.49. The molecule has 3 rings (SSSR count). The maximum absolute atomic E-state index is 12.3. The summed E-state index contributed by atoms with van der Waals surface area (Å²) in [7, 11) is 0. The summed E-state index contributed by atoms with van der Waals surface area (Å²) in [5, 5.41) is 6.69. The second kappa shape index (κ2) is 6.00. The molecule has 2 aromatic rings. The Morgan fingerprint density at radius 1 is 1.43 bits per heavy atom. The highest BCUT2D eigenvalue weighted by Crippen LogP contribution is 2.30. The lowest BCUT2D eigenvalue weighted by molar-refractivity contribution is -0.122. The summed E-state index contributed by atoms with van der Waals surface area (Å²) in [6, 6.07) is 5.39. The molecule has 0 spiro atoms. The van der Waals surface area contributed by atoms with Crippen molar-refractivity contribution in [1.82, 2.24) is 10.1 Å². The molecule has 120 valence electrons. The molecule has 1 aromatic heterocycles. The van der Waals surface area contributed by atoms with Crippen molar-refractivity contribution in [3.8, 4) is 0 Å². The third kappa shape index (κ3) is 3.19. The van der Waals surface area contributed by atoms with Gasteiger partial charge in [-0.2, -0.15) is 4.98 Å². The monoisotopic (exact) mass is 334 g/mol. The molecule has 0 radical (unpaired) electrons. The summed E-state index contributed by atoms with van der Waals surface area (Å²) in [4.78, 5) is 30.0. The van der Waals surface area contributed by atoms with Crippen molar-refractivity contribution < 1.29 is 14.1 Å². The van der Waals surface area contributed by atoms with Gasteiger partial charge in [0.1, 0.15) is 0 Å². The van der Waals surface area contributed by atoms with Crippen molar-refractivity contribution in [2.45, 2.75) is 20.3 Å². The zero-order valence-corrected chi connectivity index (χ0v) is 13.4. The number of aryl methyl sites for hydroxylation is 2. The molecule has 7 nitrogen and oxygen atoms in total. The Balaban J connectivity index is 1.74. The lowest BCUT2D eigenvalue weighted by Crippen LogP contribution is -2.28. The van der Waals surface area contributed by atoms with Crippen LogP contribution in [0.4, 0.5) is 11.7 Å². The van der Waals surface area contributed by atoms with Crippen molar-refractivity contribution >= 4 is 35.1 Å². The van der Waals surface area contributed by atoms with E-state index in [9.17, 15) is 9.59 Å². The average Bonchev–Trinajstić information content (AvgIpc) is 3.08. The first kappa shape index (κ1) is 15.5. The standard InChI is InChI=1S/C15H15ClN4O3/c1-8-3-4-11(16)6-12(8)20-7-10(5-13(20)21)14(22)18-15-17-9(2)19-23-15/h3-4,6,10H,5,7H2,1-2H3,(H,17,18,19,22)/t10-/m0/s1. The third-order valence-corrected chi connectivity index (χ3v) is 3.95. The molecule has 1 N–H and O–H groups in total. The number of carbonyl (C=O) groups excluding carboxylic acids is 2. The van der Waals surface area contributed by atoms with E-state index in [2.05, 4.69) is 15.5 Å². The summed E-state index contributed by atoms with van der Waals surface area (Å²) in [6.45, 7) is 3.84. The molecule has 1 aliphatic heterocycles. The van der Waals surface area contributed by atoms with Gasteiger partial charge in [0.25, 0.3) is 0 Å². The molecule has 0 bridgehead atoms. The van der Waals surface area contributed by atoms with E-state index in [1.54, 1.807) is 24.0 Å². The lowest BCUT2D eigenvalue weighted by Gasteiger charge is -2.19. The number of hydrogen-bond donors (Lipinski definition) is 1. The summed E-state index contributed by atoms with van der Waals surface area (Å²) in [6.07, 6.45) is 0.130. The van der Waals surface area contributed by atoms with E-state index < -0.39 is 5.92 Å². The van der Waals surface area contributed by atoms with Crippen LogP contribution in [0.25, 0.3) is 0 Å². The Bertz CT molecular complexity index is 774. The highest BCUT2D eigenvalue weighted by molar-refractivity contribution is 6.31. The largest absolute Gasteiger partial charge is 0.328 e. The number of hydrogen-bond acceptors (Lipinski definition) is 5. The zero-order valence-electron chi connectivity index (χ0n) is 12.7. The molecule has 2 heterocycles. The number of carbonyl (C=O) groups is 2. The predicted molar refractivity (Wildman–Crippen MR) is 84.3 cm³/mol. The van der Waals surface area contributed by atoms with Crippen LogP contribution in [-0.4, -0.2) is 28.5 Å². The molecule has 1 saturated heterocycles. The first-order chi connectivity index (χ1) is 10.9. The van der Waals surface area contributed by atoms with Gasteiger partial charge in [0.15, 0.2) is 5.82 Å². The van der Waals surface area contributed by atoms with Crippen molar-refractivity contribution in [1.29, 1.82) is 0 Å². The zero-order chi connectivity index (χ0) is 16.6. The SMILES string of the molecule is Cc1noc(NC(=O)[C@H]2CC(=O)N(c3cc(Cl)ccc3C)C2)n1. The van der Waals surface area contributed by atoms with E-state index in [1.807, 2.05) is 13.0 Å². The van der Waals surface area contributed by atoms with Crippen LogP contribution >= 0.6 is 11.6 Å². The first-order valence-electron chi connectivity index (χ1n) is 7.11. The number of aromatic nitrogens is 2. The fraction of sp³-hybridized carbons (Fsp3) is 0.333. The fourth-order valence-corrected chi connectivity index (χ4v) is 2.71. The van der Waals surface area contributed by atoms with Crippen LogP contribution in [0.3, 0.4) is 0 Å². The number of rotatable bonds is 3. The van der Waals surface area contributed by atoms with Gasteiger partial charge in [-0.1, -0.05) is 22.8 Å². The fourth-order valence-electron chi connectivity index (χ4n) is 2.54. The van der Waals surface area contributed by atoms with Crippen LogP contribution in [0.1, 0.15) is 17.8 Å². The Hall–Kier alpha value is -2.41. The van der Waals surface area contributed by atoms with Gasteiger partial charge >= 0.3 is 6.01 Å². The molecule has 1 aliphatic rings. The third-order valence-electron chi connectivity index (χ3n) is 3.72. The predicted octanol–water partition coefficient (Wildman–Crippen LogP) is 2.33. The molecule has 2 amide bonds. The Morgan fingerprint density at radius 2 is 2.22 bits per heavy atom. The van der Waals surface area contributed by atoms with Crippen LogP contribution < -0.4 is 10.2 Å². The normalized spacial score (nSPS) is 17.6. The molecule has 1 aromatic carbocycles. The van der Waals surface area contributed by atoms with Crippen molar-refractivity contribution in [2.24, 2.45) is 5.92 Å². The van der Waals surface area contributed by atoms with E-state index in [0.717, 1.165) is 11.3 Å². The number of anilines is 2. The maximum Gasteiger partial charge on any atom is 0.328 e. The summed E-state index contributed by atoms with van der Waals surface area (Å²) in [5.41, 5.74) is 1.66. The van der Waals surface area contributed by atoms with Crippen LogP contribution in [-0.2, 0) is 9.59 Å². The highest BCUT2D eigenvalue weighted by atomic mass is 35.5. The van der Waals surface area contributed by atoms with Crippen LogP contribution in [0, 0.1) is 19.8 Å². The molecule has 1 atom stereocenters. The van der Waals surface area contributed by atoms with Crippen molar-refractivity contribution in [2.75, 3.05) is 16.8 Å². The van der Waals surface area contributed by atoms with Crippen molar-refractivity contribution in [3.63, 3.8) is 0 Å². The summed E-state index contributed by atoms with van der Waals surface area (Å²) >= 11 is 6.01. The van der Waals surface area contributed by atoms with Crippen LogP contribution in [0.15, 0.2) is 22.7 Å². The average molecular weight is 335 g/mol. The van der Waals surface area contributed by atoms with Gasteiger partial charge < -0.3 is 9.42 Å². The van der Waals surface area contributed by atoms with Crippen molar-refractivity contribution in [3.05, 3.63) is 34.6 Å². The van der Waals surface area contributed by atoms with Gasteiger partial charge in [-0.25, -0.2) is 0 Å². The molecule has 0 unspecified atom stereocenters. The molecular weight excluding hydrogens is 320 g/mol. The Kier molecular flexibility index (Phi) is 4.04. The number of halogens is 1. The molecule has 23 heavy (non-hydrogen) atoms. The quantitative estimate of drug-likeness (QED) is 0.930. The molecule has 8 heteroatoms. The second-order valence-electron chi connectivity index (χ2n) is 5.47. The minimum atomic E-state index is -0.479. The second-order valence-corrected chi connectivity index (χ2v) is 5.91. The smallest absolute Gasteiger partial charge is 0.315 e. The van der Waals surface area contributed by atoms with Gasteiger partial charge in [-0.05, 0) is 31.5 Å². The van der Waals surface area contributed by atoms with Gasteiger partial charge in [0.2, 0.25) is 11.8 Å². The minimum Gasteiger partial charge on any atom is -0.315 e. The van der Waals surface area contributed by atoms with Gasteiger partial charge in [0, 0.05) is 23.7 Å². The Morgan fingerprint density at radius 3 is 2.91 bits per heavy atom. The van der Waals surface area contributed by atoms with E-state index in [-0.39, 0.29) is 24.2 Å². The van der Waals surface area contributed by atoms with Gasteiger partial charge in [0.05, 0.1) is 5.92 Å². The van der Waals surface area contributed by atoms with Gasteiger partial charge in [-0.15, -0.1) is 0 Å². The lowest BCUT2D eigenvalue weighted by atomic mass is 10.1. The molecule has 1 fully saturated rings. The number of benzene rings is 1. The van der Waals surface area contributed by atoms with E-state index in [1.165, 1.54) is 0 Å². The minimum absolute atomic E-state index is 0.0392. The number of amides is 2. The van der Waals surface area contributed by atoms with E-state index >= 15 is 0 Å². The van der Waals surface area contributed by atoms with E-state index in [4.69, 9.17) is 16.1 Å². The number of nitrogens with one attached hydrogen (secondary N) is 1. The molecule has 0 aliphatic carbocycles. The van der Waals surface area contributed by atoms with Gasteiger partial charge in [-0.3, -0.25) is 14.9 Å². The maximum atomic E-state index is 12.3. The van der Waals surface area contributed by atoms with Crippen LogP contribution in [0.2, 0.25) is 5.02 Å². The van der Waals surface area contributed by atoms with Crippen LogP contribution in [0.5, 0.6) is 0 Å². The Labute approximate surface area is 137 Å². The molecule has 0 saturated carbocycles. The van der Waals surface area contributed by atoms with E-state index in [0.29, 0.717) is 17.4 Å². The number of nitrogens with zero attached hydrogens (tertiary/aromatic N) is 3. The topological polar surface area (TPSA) is 88.3 Å².